The Hall–Kier alpha value is -3.16. The summed E-state index contributed by atoms with van der Waals surface area (Å²) in [6, 6.07) is 16.2. The molecule has 0 saturated carbocycles. The normalized spacial score (nSPS) is 12.1. The third-order valence-electron chi connectivity index (χ3n) is 5.99. The molecule has 5 rings (SSSR count). The lowest BCUT2D eigenvalue weighted by atomic mass is 10.1. The molecule has 2 heterocycles. The predicted octanol–water partition coefficient (Wildman–Crippen LogP) is 6.12. The monoisotopic (exact) mass is 548 g/mol. The summed E-state index contributed by atoms with van der Waals surface area (Å²) in [7, 11) is 0. The molecule has 0 unspecified atom stereocenters. The van der Waals surface area contributed by atoms with Gasteiger partial charge in [-0.3, -0.25) is 4.79 Å². The van der Waals surface area contributed by atoms with Crippen molar-refractivity contribution < 1.29 is 9.47 Å². The van der Waals surface area contributed by atoms with Gasteiger partial charge in [-0.25, -0.2) is 9.38 Å². The number of imidazole rings is 1. The number of nitrogens with zero attached hydrogens (tertiary/aromatic N) is 2. The molecule has 35 heavy (non-hydrogen) atoms. The van der Waals surface area contributed by atoms with Gasteiger partial charge in [-0.05, 0) is 96.2 Å². The Morgan fingerprint density at radius 2 is 1.77 bits per heavy atom. The van der Waals surface area contributed by atoms with E-state index < -0.39 is 0 Å². The van der Waals surface area contributed by atoms with Gasteiger partial charge in [0, 0.05) is 0 Å². The Bertz CT molecular complexity index is 1670. The number of halogens is 1. The lowest BCUT2D eigenvalue weighted by Crippen LogP contribution is -2.22. The minimum absolute atomic E-state index is 0.0652. The molecule has 0 radical (unpaired) electrons. The number of hydrogen-bond acceptors (Lipinski definition) is 5. The first-order chi connectivity index (χ1) is 16.8. The summed E-state index contributed by atoms with van der Waals surface area (Å²) in [5, 5.41) is 0. The van der Waals surface area contributed by atoms with Crippen LogP contribution in [0, 0.1) is 20.8 Å². The number of hydrogen-bond donors (Lipinski definition) is 0. The van der Waals surface area contributed by atoms with Crippen LogP contribution in [0.1, 0.15) is 34.7 Å². The number of ether oxygens (including phenoxy) is 2. The zero-order valence-electron chi connectivity index (χ0n) is 20.0. The number of benzene rings is 3. The van der Waals surface area contributed by atoms with Crippen molar-refractivity contribution in [2.24, 2.45) is 0 Å². The average Bonchev–Trinajstić information content (AvgIpc) is 3.30. The lowest BCUT2D eigenvalue weighted by molar-refractivity contribution is 0.267. The summed E-state index contributed by atoms with van der Waals surface area (Å²) in [6.45, 7) is 9.04. The van der Waals surface area contributed by atoms with Gasteiger partial charge in [-0.1, -0.05) is 41.2 Å². The Kier molecular flexibility index (Phi) is 6.38. The SMILES string of the molecule is CCOc1cc(/C=c2\sc3nc4cc(C)c(C)cc4n3c2=O)cc(Br)c1OCc1ccc(C)cc1. The molecule has 0 aliphatic heterocycles. The summed E-state index contributed by atoms with van der Waals surface area (Å²) in [4.78, 5) is 18.7. The van der Waals surface area contributed by atoms with Gasteiger partial charge in [0.15, 0.2) is 16.5 Å². The average molecular weight is 549 g/mol. The molecule has 0 bridgehead atoms. The molecule has 178 valence electrons. The molecule has 0 atom stereocenters. The van der Waals surface area contributed by atoms with Gasteiger partial charge in [0.2, 0.25) is 0 Å². The van der Waals surface area contributed by atoms with E-state index in [-0.39, 0.29) is 5.56 Å². The molecule has 0 aliphatic carbocycles. The minimum atomic E-state index is -0.0652. The van der Waals surface area contributed by atoms with Gasteiger partial charge < -0.3 is 9.47 Å². The van der Waals surface area contributed by atoms with E-state index in [2.05, 4.69) is 59.0 Å². The van der Waals surface area contributed by atoms with Gasteiger partial charge in [-0.2, -0.15) is 0 Å². The summed E-state index contributed by atoms with van der Waals surface area (Å²) in [5.74, 6) is 1.27. The maximum absolute atomic E-state index is 13.3. The van der Waals surface area contributed by atoms with Crippen molar-refractivity contribution in [1.82, 2.24) is 9.38 Å². The van der Waals surface area contributed by atoms with Crippen LogP contribution in [0.4, 0.5) is 0 Å². The molecular weight excluding hydrogens is 524 g/mol. The highest BCUT2D eigenvalue weighted by Crippen LogP contribution is 2.37. The third-order valence-corrected chi connectivity index (χ3v) is 7.55. The van der Waals surface area contributed by atoms with Crippen molar-refractivity contribution in [2.75, 3.05) is 6.61 Å². The largest absolute Gasteiger partial charge is 0.490 e. The van der Waals surface area contributed by atoms with E-state index in [1.807, 2.05) is 44.2 Å². The van der Waals surface area contributed by atoms with Crippen LogP contribution in [0.3, 0.4) is 0 Å². The van der Waals surface area contributed by atoms with Gasteiger partial charge >= 0.3 is 0 Å². The van der Waals surface area contributed by atoms with Crippen LogP contribution in [0.25, 0.3) is 22.1 Å². The number of aryl methyl sites for hydroxylation is 3. The number of aromatic nitrogens is 2. The zero-order chi connectivity index (χ0) is 24.7. The molecule has 2 aromatic heterocycles. The zero-order valence-corrected chi connectivity index (χ0v) is 22.4. The molecule has 5 aromatic rings. The first-order valence-electron chi connectivity index (χ1n) is 11.4. The standard InChI is InChI=1S/C28H25BrN2O3S/c1-5-33-24-13-20(12-21(29)26(24)34-15-19-8-6-16(2)7-9-19)14-25-27(32)31-23-11-18(4)17(3)10-22(23)30-28(31)35-25/h6-14H,5,15H2,1-4H3/b25-14-. The van der Waals surface area contributed by atoms with Crippen LogP contribution < -0.4 is 19.6 Å². The van der Waals surface area contributed by atoms with Crippen LogP contribution in [0.2, 0.25) is 0 Å². The predicted molar refractivity (Wildman–Crippen MR) is 146 cm³/mol. The van der Waals surface area contributed by atoms with E-state index in [1.54, 1.807) is 4.40 Å². The van der Waals surface area contributed by atoms with Crippen molar-refractivity contribution in [1.29, 1.82) is 0 Å². The van der Waals surface area contributed by atoms with Crippen LogP contribution >= 0.6 is 27.3 Å². The topological polar surface area (TPSA) is 52.8 Å². The fraction of sp³-hybridized carbons (Fsp3) is 0.214. The highest BCUT2D eigenvalue weighted by Gasteiger charge is 2.15. The molecule has 0 saturated heterocycles. The van der Waals surface area contributed by atoms with Crippen LogP contribution in [0.15, 0.2) is 57.8 Å². The fourth-order valence-corrected chi connectivity index (χ4v) is 5.55. The van der Waals surface area contributed by atoms with E-state index in [0.29, 0.717) is 34.2 Å². The molecule has 7 heteroatoms. The minimum Gasteiger partial charge on any atom is -0.490 e. The second-order valence-corrected chi connectivity index (χ2v) is 10.5. The van der Waals surface area contributed by atoms with Gasteiger partial charge in [0.25, 0.3) is 5.56 Å². The van der Waals surface area contributed by atoms with E-state index in [1.165, 1.54) is 22.5 Å². The fourth-order valence-electron chi connectivity index (χ4n) is 3.98. The summed E-state index contributed by atoms with van der Waals surface area (Å²) >= 11 is 5.03. The van der Waals surface area contributed by atoms with Crippen molar-refractivity contribution in [3.63, 3.8) is 0 Å². The molecular formula is C28H25BrN2O3S. The second-order valence-electron chi connectivity index (χ2n) is 8.61. The summed E-state index contributed by atoms with van der Waals surface area (Å²) < 4.78 is 15.1. The second kappa shape index (κ2) is 9.47. The molecule has 0 fully saturated rings. The highest BCUT2D eigenvalue weighted by molar-refractivity contribution is 9.10. The molecule has 3 aromatic carbocycles. The summed E-state index contributed by atoms with van der Waals surface area (Å²) in [6.07, 6.45) is 1.88. The van der Waals surface area contributed by atoms with Gasteiger partial charge in [0.05, 0.1) is 26.6 Å². The van der Waals surface area contributed by atoms with E-state index in [9.17, 15) is 4.79 Å². The van der Waals surface area contributed by atoms with Gasteiger partial charge in [-0.15, -0.1) is 0 Å². The van der Waals surface area contributed by atoms with Crippen LogP contribution in [0.5, 0.6) is 11.5 Å². The Balaban J connectivity index is 1.53. The van der Waals surface area contributed by atoms with E-state index in [0.717, 1.165) is 32.2 Å². The number of rotatable bonds is 6. The van der Waals surface area contributed by atoms with Gasteiger partial charge in [0.1, 0.15) is 6.61 Å². The van der Waals surface area contributed by atoms with Crippen LogP contribution in [-0.4, -0.2) is 16.0 Å². The third kappa shape index (κ3) is 4.58. The molecule has 0 spiro atoms. The highest BCUT2D eigenvalue weighted by atomic mass is 79.9. The Labute approximate surface area is 215 Å². The number of thiazole rings is 1. The maximum atomic E-state index is 13.3. The van der Waals surface area contributed by atoms with Crippen LogP contribution in [-0.2, 0) is 6.61 Å². The first kappa shape index (κ1) is 23.6. The lowest BCUT2D eigenvalue weighted by Gasteiger charge is -2.15. The molecule has 0 aliphatic rings. The number of fused-ring (bicyclic) bond motifs is 3. The molecule has 0 amide bonds. The van der Waals surface area contributed by atoms with Crippen molar-refractivity contribution in [3.8, 4) is 11.5 Å². The van der Waals surface area contributed by atoms with Crippen molar-refractivity contribution in [2.45, 2.75) is 34.3 Å². The van der Waals surface area contributed by atoms with Crippen molar-refractivity contribution in [3.05, 3.63) is 95.7 Å². The molecule has 5 nitrogen and oxygen atoms in total. The Morgan fingerprint density at radius 1 is 1.03 bits per heavy atom. The first-order valence-corrected chi connectivity index (χ1v) is 13.0. The van der Waals surface area contributed by atoms with Crippen molar-refractivity contribution >= 4 is 49.3 Å². The Morgan fingerprint density at radius 3 is 2.51 bits per heavy atom. The quantitative estimate of drug-likeness (QED) is 0.256. The smallest absolute Gasteiger partial charge is 0.274 e. The summed E-state index contributed by atoms with van der Waals surface area (Å²) in [5.41, 5.74) is 7.07. The maximum Gasteiger partial charge on any atom is 0.274 e. The van der Waals surface area contributed by atoms with E-state index in [4.69, 9.17) is 9.47 Å². The molecule has 0 N–H and O–H groups in total. The van der Waals surface area contributed by atoms with E-state index >= 15 is 0 Å².